The Labute approximate surface area is 108 Å². The summed E-state index contributed by atoms with van der Waals surface area (Å²) in [6.45, 7) is 3.30. The molecule has 0 aromatic carbocycles. The average molecular weight is 251 g/mol. The maximum absolute atomic E-state index is 12.3. The number of nitrogens with one attached hydrogen (secondary N) is 1. The summed E-state index contributed by atoms with van der Waals surface area (Å²) >= 11 is 0. The van der Waals surface area contributed by atoms with E-state index in [4.69, 9.17) is 4.52 Å². The Bertz CT molecular complexity index is 395. The molecule has 1 aliphatic rings. The van der Waals surface area contributed by atoms with E-state index in [2.05, 4.69) is 10.5 Å². The second kappa shape index (κ2) is 6.00. The van der Waals surface area contributed by atoms with Crippen LogP contribution in [-0.4, -0.2) is 35.6 Å². The van der Waals surface area contributed by atoms with E-state index in [1.165, 1.54) is 6.42 Å². The predicted octanol–water partition coefficient (Wildman–Crippen LogP) is 1.47. The smallest absolute Gasteiger partial charge is 0.239 e. The molecule has 1 aromatic heterocycles. The van der Waals surface area contributed by atoms with E-state index in [-0.39, 0.29) is 11.9 Å². The van der Waals surface area contributed by atoms with Gasteiger partial charge in [-0.1, -0.05) is 18.0 Å². The van der Waals surface area contributed by atoms with Crippen molar-refractivity contribution in [3.63, 3.8) is 0 Å². The van der Waals surface area contributed by atoms with Gasteiger partial charge in [-0.15, -0.1) is 0 Å². The molecule has 1 fully saturated rings. The highest BCUT2D eigenvalue weighted by Gasteiger charge is 2.23. The van der Waals surface area contributed by atoms with E-state index in [0.717, 1.165) is 37.3 Å². The molecular weight excluding hydrogens is 230 g/mol. The Balaban J connectivity index is 1.91. The molecule has 18 heavy (non-hydrogen) atoms. The van der Waals surface area contributed by atoms with Gasteiger partial charge in [-0.05, 0) is 26.3 Å². The first-order chi connectivity index (χ1) is 8.66. The quantitative estimate of drug-likeness (QED) is 0.884. The normalized spacial score (nSPS) is 20.4. The average Bonchev–Trinajstić information content (AvgIpc) is 2.62. The van der Waals surface area contributed by atoms with E-state index in [9.17, 15) is 4.79 Å². The summed E-state index contributed by atoms with van der Waals surface area (Å²) in [5.41, 5.74) is 0.803. The van der Waals surface area contributed by atoms with E-state index in [1.807, 2.05) is 20.0 Å². The Morgan fingerprint density at radius 2 is 2.39 bits per heavy atom. The van der Waals surface area contributed by atoms with E-state index in [0.29, 0.717) is 6.54 Å². The summed E-state index contributed by atoms with van der Waals surface area (Å²) in [5, 5.41) is 7.23. The molecule has 2 rings (SSSR count). The Morgan fingerprint density at radius 3 is 3.11 bits per heavy atom. The van der Waals surface area contributed by atoms with E-state index < -0.39 is 0 Å². The molecule has 1 N–H and O–H groups in total. The van der Waals surface area contributed by atoms with Crippen molar-refractivity contribution in [2.75, 3.05) is 13.6 Å². The van der Waals surface area contributed by atoms with Gasteiger partial charge in [0, 0.05) is 13.1 Å². The molecule has 1 amide bonds. The number of carbonyl (C=O) groups excluding carboxylic acids is 1. The summed E-state index contributed by atoms with van der Waals surface area (Å²) in [5.74, 6) is 0.927. The molecule has 0 radical (unpaired) electrons. The van der Waals surface area contributed by atoms with Gasteiger partial charge in [-0.2, -0.15) is 0 Å². The minimum Gasteiger partial charge on any atom is -0.361 e. The van der Waals surface area contributed by atoms with Gasteiger partial charge in [0.15, 0.2) is 0 Å². The van der Waals surface area contributed by atoms with Crippen molar-refractivity contribution < 1.29 is 9.32 Å². The fraction of sp³-hybridized carbons (Fsp3) is 0.692. The Kier molecular flexibility index (Phi) is 4.36. The highest BCUT2D eigenvalue weighted by molar-refractivity contribution is 5.81. The predicted molar refractivity (Wildman–Crippen MR) is 68.0 cm³/mol. The fourth-order valence-corrected chi connectivity index (χ4v) is 2.32. The largest absolute Gasteiger partial charge is 0.361 e. The van der Waals surface area contributed by atoms with Gasteiger partial charge in [0.1, 0.15) is 11.5 Å². The van der Waals surface area contributed by atoms with Gasteiger partial charge in [0.25, 0.3) is 0 Å². The van der Waals surface area contributed by atoms with Crippen LogP contribution in [0.2, 0.25) is 0 Å². The molecule has 0 saturated carbocycles. The third-order valence-corrected chi connectivity index (χ3v) is 3.31. The zero-order valence-corrected chi connectivity index (χ0v) is 11.1. The number of nitrogens with zero attached hydrogens (tertiary/aromatic N) is 2. The minimum absolute atomic E-state index is 0.0366. The number of aryl methyl sites for hydroxylation is 1. The highest BCUT2D eigenvalue weighted by atomic mass is 16.5. The van der Waals surface area contributed by atoms with Crippen LogP contribution in [0.5, 0.6) is 0 Å². The molecule has 0 spiro atoms. The SMILES string of the molecule is Cc1cc(CN(C)C(=O)C2CCCCCN2)no1. The van der Waals surface area contributed by atoms with E-state index in [1.54, 1.807) is 4.90 Å². The maximum atomic E-state index is 12.3. The number of likely N-dealkylation sites (N-methyl/N-ethyl adjacent to an activating group) is 1. The standard InChI is InChI=1S/C13H21N3O2/c1-10-8-11(15-18-10)9-16(2)13(17)12-6-4-3-5-7-14-12/h8,12,14H,3-7,9H2,1-2H3. The monoisotopic (exact) mass is 251 g/mol. The highest BCUT2D eigenvalue weighted by Crippen LogP contribution is 2.12. The van der Waals surface area contributed by atoms with Crippen LogP contribution in [0.3, 0.4) is 0 Å². The first kappa shape index (κ1) is 13.1. The van der Waals surface area contributed by atoms with Crippen LogP contribution in [-0.2, 0) is 11.3 Å². The first-order valence-corrected chi connectivity index (χ1v) is 6.57. The lowest BCUT2D eigenvalue weighted by molar-refractivity contribution is -0.132. The van der Waals surface area contributed by atoms with Crippen LogP contribution < -0.4 is 5.32 Å². The van der Waals surface area contributed by atoms with Gasteiger partial charge in [0.05, 0.1) is 12.6 Å². The third-order valence-electron chi connectivity index (χ3n) is 3.31. The van der Waals surface area contributed by atoms with Gasteiger partial charge < -0.3 is 14.7 Å². The zero-order chi connectivity index (χ0) is 13.0. The first-order valence-electron chi connectivity index (χ1n) is 6.57. The molecule has 2 heterocycles. The topological polar surface area (TPSA) is 58.4 Å². The van der Waals surface area contributed by atoms with Crippen LogP contribution in [0.15, 0.2) is 10.6 Å². The molecule has 1 saturated heterocycles. The molecule has 1 aliphatic heterocycles. The molecule has 0 bridgehead atoms. The summed E-state index contributed by atoms with van der Waals surface area (Å²) in [6.07, 6.45) is 4.43. The Hall–Kier alpha value is -1.36. The number of hydrogen-bond donors (Lipinski definition) is 1. The number of amides is 1. The van der Waals surface area contributed by atoms with Crippen molar-refractivity contribution >= 4 is 5.91 Å². The second-order valence-electron chi connectivity index (χ2n) is 4.98. The van der Waals surface area contributed by atoms with Gasteiger partial charge in [0.2, 0.25) is 5.91 Å². The van der Waals surface area contributed by atoms with Gasteiger partial charge >= 0.3 is 0 Å². The summed E-state index contributed by atoms with van der Waals surface area (Å²) in [4.78, 5) is 14.0. The second-order valence-corrected chi connectivity index (χ2v) is 4.98. The number of hydrogen-bond acceptors (Lipinski definition) is 4. The van der Waals surface area contributed by atoms with Crippen molar-refractivity contribution in [2.45, 2.75) is 45.2 Å². The minimum atomic E-state index is -0.0366. The molecule has 5 nitrogen and oxygen atoms in total. The maximum Gasteiger partial charge on any atom is 0.239 e. The summed E-state index contributed by atoms with van der Waals surface area (Å²) in [7, 11) is 1.82. The van der Waals surface area contributed by atoms with E-state index >= 15 is 0 Å². The van der Waals surface area contributed by atoms with Crippen molar-refractivity contribution in [3.8, 4) is 0 Å². The number of rotatable bonds is 3. The van der Waals surface area contributed by atoms with Crippen molar-refractivity contribution in [2.24, 2.45) is 0 Å². The van der Waals surface area contributed by atoms with Crippen molar-refractivity contribution in [3.05, 3.63) is 17.5 Å². The van der Waals surface area contributed by atoms with Crippen LogP contribution in [0.25, 0.3) is 0 Å². The van der Waals surface area contributed by atoms with Crippen LogP contribution >= 0.6 is 0 Å². The number of carbonyl (C=O) groups is 1. The fourth-order valence-electron chi connectivity index (χ4n) is 2.32. The summed E-state index contributed by atoms with van der Waals surface area (Å²) < 4.78 is 5.01. The van der Waals surface area contributed by atoms with Crippen molar-refractivity contribution in [1.82, 2.24) is 15.4 Å². The molecule has 100 valence electrons. The van der Waals surface area contributed by atoms with Crippen LogP contribution in [0.1, 0.15) is 37.1 Å². The lowest BCUT2D eigenvalue weighted by atomic mass is 10.1. The molecular formula is C13H21N3O2. The zero-order valence-electron chi connectivity index (χ0n) is 11.1. The Morgan fingerprint density at radius 1 is 1.56 bits per heavy atom. The third kappa shape index (κ3) is 3.32. The van der Waals surface area contributed by atoms with Gasteiger partial charge in [-0.25, -0.2) is 0 Å². The van der Waals surface area contributed by atoms with Crippen LogP contribution in [0, 0.1) is 6.92 Å². The summed E-state index contributed by atoms with van der Waals surface area (Å²) in [6, 6.07) is 1.83. The molecule has 1 aromatic rings. The molecule has 1 atom stereocenters. The van der Waals surface area contributed by atoms with Crippen LogP contribution in [0.4, 0.5) is 0 Å². The van der Waals surface area contributed by atoms with Gasteiger partial charge in [-0.3, -0.25) is 4.79 Å². The number of aromatic nitrogens is 1. The lowest BCUT2D eigenvalue weighted by Gasteiger charge is -2.22. The molecule has 1 unspecified atom stereocenters. The lowest BCUT2D eigenvalue weighted by Crippen LogP contribution is -2.44. The molecule has 5 heteroatoms. The van der Waals surface area contributed by atoms with Crippen molar-refractivity contribution in [1.29, 1.82) is 0 Å². The molecule has 0 aliphatic carbocycles.